The molecule has 0 aliphatic carbocycles. The second-order valence-electron chi connectivity index (χ2n) is 4.54. The van der Waals surface area contributed by atoms with Gasteiger partial charge in [-0.05, 0) is 29.7 Å². The van der Waals surface area contributed by atoms with Crippen molar-refractivity contribution < 1.29 is 19.8 Å². The number of rotatable bonds is 5. The van der Waals surface area contributed by atoms with Gasteiger partial charge in [-0.1, -0.05) is 43.3 Å². The monoisotopic (exact) mass is 287 g/mol. The molecule has 0 heterocycles. The fraction of sp³-hybridized carbons (Fsp3) is 0.188. The van der Waals surface area contributed by atoms with E-state index in [2.05, 4.69) is 0 Å². The van der Waals surface area contributed by atoms with Gasteiger partial charge in [-0.3, -0.25) is 10.0 Å². The SMILES string of the molecule is CCC(Oc1ccc(-c2ccccc2)cc1O)C(=O)NO. The lowest BCUT2D eigenvalue weighted by atomic mass is 10.1. The molecule has 0 fully saturated rings. The van der Waals surface area contributed by atoms with Gasteiger partial charge in [0.2, 0.25) is 0 Å². The first-order valence-corrected chi connectivity index (χ1v) is 6.64. The first-order chi connectivity index (χ1) is 10.2. The van der Waals surface area contributed by atoms with Gasteiger partial charge in [-0.25, -0.2) is 5.48 Å². The van der Waals surface area contributed by atoms with Crippen molar-refractivity contribution in [2.75, 3.05) is 0 Å². The van der Waals surface area contributed by atoms with Crippen LogP contribution in [-0.2, 0) is 4.79 Å². The van der Waals surface area contributed by atoms with Crippen molar-refractivity contribution in [3.63, 3.8) is 0 Å². The predicted octanol–water partition coefficient (Wildman–Crippen LogP) is 2.72. The van der Waals surface area contributed by atoms with E-state index in [0.29, 0.717) is 6.42 Å². The van der Waals surface area contributed by atoms with Gasteiger partial charge in [0, 0.05) is 0 Å². The van der Waals surface area contributed by atoms with Crippen molar-refractivity contribution in [1.82, 2.24) is 5.48 Å². The number of hydroxylamine groups is 1. The van der Waals surface area contributed by atoms with E-state index in [4.69, 9.17) is 9.94 Å². The maximum absolute atomic E-state index is 11.4. The summed E-state index contributed by atoms with van der Waals surface area (Å²) in [6.45, 7) is 1.75. The highest BCUT2D eigenvalue weighted by Crippen LogP contribution is 2.32. The molecule has 0 saturated carbocycles. The van der Waals surface area contributed by atoms with Crippen LogP contribution in [0.1, 0.15) is 13.3 Å². The van der Waals surface area contributed by atoms with Gasteiger partial charge in [0.1, 0.15) is 0 Å². The number of hydrogen-bond donors (Lipinski definition) is 3. The highest BCUT2D eigenvalue weighted by molar-refractivity contribution is 5.80. The van der Waals surface area contributed by atoms with Crippen LogP contribution in [0.25, 0.3) is 11.1 Å². The summed E-state index contributed by atoms with van der Waals surface area (Å²) in [5.41, 5.74) is 3.37. The van der Waals surface area contributed by atoms with Crippen molar-refractivity contribution in [1.29, 1.82) is 0 Å². The molecule has 0 spiro atoms. The van der Waals surface area contributed by atoms with Crippen LogP contribution in [0.3, 0.4) is 0 Å². The lowest BCUT2D eigenvalue weighted by Gasteiger charge is -2.16. The Hall–Kier alpha value is -2.53. The molecule has 0 saturated heterocycles. The summed E-state index contributed by atoms with van der Waals surface area (Å²) in [6.07, 6.45) is -0.491. The summed E-state index contributed by atoms with van der Waals surface area (Å²) in [5.74, 6) is -0.505. The molecule has 0 aromatic heterocycles. The van der Waals surface area contributed by atoms with Crippen LogP contribution in [0.4, 0.5) is 0 Å². The topological polar surface area (TPSA) is 78.8 Å². The van der Waals surface area contributed by atoms with Gasteiger partial charge in [-0.15, -0.1) is 0 Å². The molecule has 3 N–H and O–H groups in total. The van der Waals surface area contributed by atoms with E-state index < -0.39 is 12.0 Å². The van der Waals surface area contributed by atoms with E-state index in [0.717, 1.165) is 11.1 Å². The minimum atomic E-state index is -0.858. The van der Waals surface area contributed by atoms with E-state index in [1.165, 1.54) is 0 Å². The third-order valence-corrected chi connectivity index (χ3v) is 3.11. The Balaban J connectivity index is 2.22. The first kappa shape index (κ1) is 14.9. The number of phenols is 1. The zero-order valence-corrected chi connectivity index (χ0v) is 11.6. The predicted molar refractivity (Wildman–Crippen MR) is 78.2 cm³/mol. The van der Waals surface area contributed by atoms with E-state index in [1.807, 2.05) is 30.3 Å². The molecule has 2 aromatic carbocycles. The van der Waals surface area contributed by atoms with Gasteiger partial charge in [0.05, 0.1) is 0 Å². The van der Waals surface area contributed by atoms with Crippen molar-refractivity contribution in [2.45, 2.75) is 19.4 Å². The van der Waals surface area contributed by atoms with Crippen LogP contribution in [0.15, 0.2) is 48.5 Å². The molecular formula is C16H17NO4. The second kappa shape index (κ2) is 6.76. The van der Waals surface area contributed by atoms with Crippen LogP contribution < -0.4 is 10.2 Å². The highest BCUT2D eigenvalue weighted by atomic mass is 16.5. The van der Waals surface area contributed by atoms with Crippen molar-refractivity contribution in [3.8, 4) is 22.6 Å². The Morgan fingerprint density at radius 3 is 2.48 bits per heavy atom. The van der Waals surface area contributed by atoms with Gasteiger partial charge < -0.3 is 9.84 Å². The lowest BCUT2D eigenvalue weighted by molar-refractivity contribution is -0.136. The lowest BCUT2D eigenvalue weighted by Crippen LogP contribution is -2.36. The number of aromatic hydroxyl groups is 1. The molecule has 1 amide bonds. The fourth-order valence-corrected chi connectivity index (χ4v) is 1.97. The minimum Gasteiger partial charge on any atom is -0.504 e. The third kappa shape index (κ3) is 3.52. The summed E-state index contributed by atoms with van der Waals surface area (Å²) < 4.78 is 5.42. The molecule has 2 aromatic rings. The van der Waals surface area contributed by atoms with Crippen LogP contribution in [0.5, 0.6) is 11.5 Å². The smallest absolute Gasteiger partial charge is 0.284 e. The zero-order chi connectivity index (χ0) is 15.2. The molecule has 0 aliphatic heterocycles. The summed E-state index contributed by atoms with van der Waals surface area (Å²) in [4.78, 5) is 11.4. The van der Waals surface area contributed by atoms with Crippen LogP contribution in [-0.4, -0.2) is 22.3 Å². The molecule has 110 valence electrons. The Kier molecular flexibility index (Phi) is 4.79. The Bertz CT molecular complexity index is 613. The number of benzene rings is 2. The standard InChI is InChI=1S/C16H17NO4/c1-2-14(16(19)17-20)21-15-9-8-12(10-13(15)18)11-6-4-3-5-7-11/h3-10,14,18,20H,2H2,1H3,(H,17,19). The molecule has 0 radical (unpaired) electrons. The quantitative estimate of drug-likeness (QED) is 0.583. The number of carbonyl (C=O) groups is 1. The zero-order valence-electron chi connectivity index (χ0n) is 11.6. The molecule has 21 heavy (non-hydrogen) atoms. The normalized spacial score (nSPS) is 11.7. The summed E-state index contributed by atoms with van der Waals surface area (Å²) >= 11 is 0. The molecule has 5 nitrogen and oxygen atoms in total. The number of nitrogens with one attached hydrogen (secondary N) is 1. The van der Waals surface area contributed by atoms with Crippen molar-refractivity contribution in [2.24, 2.45) is 0 Å². The highest BCUT2D eigenvalue weighted by Gasteiger charge is 2.19. The number of hydrogen-bond acceptors (Lipinski definition) is 4. The molecule has 1 atom stereocenters. The van der Waals surface area contributed by atoms with Crippen molar-refractivity contribution >= 4 is 5.91 Å². The molecule has 0 aliphatic rings. The second-order valence-corrected chi connectivity index (χ2v) is 4.54. The minimum absolute atomic E-state index is 0.0551. The van der Waals surface area contributed by atoms with Crippen molar-refractivity contribution in [3.05, 3.63) is 48.5 Å². The summed E-state index contributed by atoms with van der Waals surface area (Å²) in [5, 5.41) is 18.7. The maximum atomic E-state index is 11.4. The van der Waals surface area contributed by atoms with E-state index in [-0.39, 0.29) is 11.5 Å². The average Bonchev–Trinajstić information content (AvgIpc) is 2.53. The van der Waals surface area contributed by atoms with Crippen LogP contribution >= 0.6 is 0 Å². The fourth-order valence-electron chi connectivity index (χ4n) is 1.97. The summed E-state index contributed by atoms with van der Waals surface area (Å²) in [7, 11) is 0. The molecule has 5 heteroatoms. The van der Waals surface area contributed by atoms with Gasteiger partial charge in [0.25, 0.3) is 5.91 Å². The van der Waals surface area contributed by atoms with Gasteiger partial charge in [0.15, 0.2) is 17.6 Å². The molecule has 2 rings (SSSR count). The maximum Gasteiger partial charge on any atom is 0.284 e. The summed E-state index contributed by atoms with van der Waals surface area (Å²) in [6, 6.07) is 14.6. The van der Waals surface area contributed by atoms with E-state index >= 15 is 0 Å². The molecule has 0 bridgehead atoms. The third-order valence-electron chi connectivity index (χ3n) is 3.11. The largest absolute Gasteiger partial charge is 0.504 e. The van der Waals surface area contributed by atoms with Gasteiger partial charge in [-0.2, -0.15) is 0 Å². The number of amides is 1. The van der Waals surface area contributed by atoms with E-state index in [1.54, 1.807) is 30.6 Å². The van der Waals surface area contributed by atoms with Crippen LogP contribution in [0.2, 0.25) is 0 Å². The Morgan fingerprint density at radius 2 is 1.90 bits per heavy atom. The number of ether oxygens (including phenoxy) is 1. The van der Waals surface area contributed by atoms with Gasteiger partial charge >= 0.3 is 0 Å². The first-order valence-electron chi connectivity index (χ1n) is 6.64. The number of carbonyl (C=O) groups excluding carboxylic acids is 1. The average molecular weight is 287 g/mol. The number of phenolic OH excluding ortho intramolecular Hbond substituents is 1. The van der Waals surface area contributed by atoms with Crippen LogP contribution in [0, 0.1) is 0 Å². The van der Waals surface area contributed by atoms with E-state index in [9.17, 15) is 9.90 Å². The Labute approximate surface area is 122 Å². The molecule has 1 unspecified atom stereocenters. The Morgan fingerprint density at radius 1 is 1.19 bits per heavy atom. The molecular weight excluding hydrogens is 270 g/mol.